The van der Waals surface area contributed by atoms with Crippen LogP contribution < -0.4 is 14.8 Å². The number of hydrogen-bond acceptors (Lipinski definition) is 7. The Labute approximate surface area is 174 Å². The molecular weight excluding hydrogens is 397 g/mol. The number of fused-ring (bicyclic) bond motifs is 1. The molecule has 9 heteroatoms. The van der Waals surface area contributed by atoms with Gasteiger partial charge in [-0.2, -0.15) is 0 Å². The number of ether oxygens (including phenoxy) is 3. The molecule has 1 N–H and O–H groups in total. The van der Waals surface area contributed by atoms with Crippen molar-refractivity contribution in [1.82, 2.24) is 15.3 Å². The molecular formula is C20H28FN3O4S. The van der Waals surface area contributed by atoms with Gasteiger partial charge in [0.15, 0.2) is 0 Å². The van der Waals surface area contributed by atoms with Crippen LogP contribution in [0.2, 0.25) is 0 Å². The van der Waals surface area contributed by atoms with E-state index in [0.29, 0.717) is 23.2 Å². The third-order valence-corrected chi connectivity index (χ3v) is 5.60. The molecule has 7 nitrogen and oxygen atoms in total. The van der Waals surface area contributed by atoms with Gasteiger partial charge in [-0.25, -0.2) is 14.4 Å². The van der Waals surface area contributed by atoms with Crippen molar-refractivity contribution in [3.63, 3.8) is 0 Å². The lowest BCUT2D eigenvalue weighted by Crippen LogP contribution is -2.36. The van der Waals surface area contributed by atoms with Gasteiger partial charge < -0.3 is 19.5 Å². The van der Waals surface area contributed by atoms with Gasteiger partial charge in [0.25, 0.3) is 5.19 Å². The van der Waals surface area contributed by atoms with Crippen LogP contribution in [0.4, 0.5) is 4.39 Å². The summed E-state index contributed by atoms with van der Waals surface area (Å²) in [6.45, 7) is 5.08. The molecule has 29 heavy (non-hydrogen) atoms. The number of amides is 1. The molecule has 2 atom stereocenters. The highest BCUT2D eigenvalue weighted by atomic mass is 32.1. The van der Waals surface area contributed by atoms with Gasteiger partial charge in [-0.05, 0) is 39.5 Å². The first-order chi connectivity index (χ1) is 13.9. The first-order valence-corrected chi connectivity index (χ1v) is 10.8. The number of hydrogen-bond donors (Lipinski definition) is 1. The number of aromatic nitrogens is 2. The van der Waals surface area contributed by atoms with Crippen LogP contribution in [0.3, 0.4) is 0 Å². The topological polar surface area (TPSA) is 82.6 Å². The number of rotatable bonds is 9. The summed E-state index contributed by atoms with van der Waals surface area (Å²) < 4.78 is 30.9. The minimum absolute atomic E-state index is 0.0126. The predicted octanol–water partition coefficient (Wildman–Crippen LogP) is 3.66. The average Bonchev–Trinajstić information content (AvgIpc) is 3.08. The zero-order valence-corrected chi connectivity index (χ0v) is 17.8. The lowest BCUT2D eigenvalue weighted by atomic mass is 9.95. The zero-order chi connectivity index (χ0) is 20.8. The number of nitrogens with zero attached hydrogens (tertiary/aromatic N) is 2. The smallest absolute Gasteiger partial charge is 0.274 e. The largest absolute Gasteiger partial charge is 0.474 e. The lowest BCUT2D eigenvalue weighted by Gasteiger charge is -2.29. The van der Waals surface area contributed by atoms with Crippen LogP contribution in [-0.4, -0.2) is 53.5 Å². The highest BCUT2D eigenvalue weighted by molar-refractivity contribution is 7.20. The Morgan fingerprint density at radius 2 is 2.03 bits per heavy atom. The van der Waals surface area contributed by atoms with Crippen LogP contribution in [0.15, 0.2) is 12.3 Å². The van der Waals surface area contributed by atoms with Crippen molar-refractivity contribution in [1.29, 1.82) is 0 Å². The van der Waals surface area contributed by atoms with Crippen molar-refractivity contribution in [2.24, 2.45) is 0 Å². The van der Waals surface area contributed by atoms with E-state index in [0.717, 1.165) is 30.4 Å². The van der Waals surface area contributed by atoms with Crippen molar-refractivity contribution in [3.05, 3.63) is 12.3 Å². The highest BCUT2D eigenvalue weighted by Gasteiger charge is 2.24. The summed E-state index contributed by atoms with van der Waals surface area (Å²) in [5, 5.41) is 3.27. The van der Waals surface area contributed by atoms with Gasteiger partial charge in [-0.15, -0.1) is 0 Å². The van der Waals surface area contributed by atoms with Crippen molar-refractivity contribution >= 4 is 27.5 Å². The summed E-state index contributed by atoms with van der Waals surface area (Å²) in [7, 11) is 0. The molecule has 160 valence electrons. The van der Waals surface area contributed by atoms with Gasteiger partial charge in [-0.3, -0.25) is 4.79 Å². The maximum atomic E-state index is 12.6. The monoisotopic (exact) mass is 425 g/mol. The second-order valence-corrected chi connectivity index (χ2v) is 8.50. The molecule has 0 bridgehead atoms. The number of nitrogens with one attached hydrogen (secondary N) is 1. The molecule has 1 amide bonds. The van der Waals surface area contributed by atoms with Gasteiger partial charge in [-0.1, -0.05) is 11.3 Å². The Balaban J connectivity index is 1.47. The van der Waals surface area contributed by atoms with Crippen LogP contribution >= 0.6 is 11.3 Å². The molecule has 1 saturated carbocycles. The lowest BCUT2D eigenvalue weighted by molar-refractivity contribution is -0.120. The fourth-order valence-electron chi connectivity index (χ4n) is 3.27. The maximum absolute atomic E-state index is 12.6. The molecule has 0 aliphatic heterocycles. The van der Waals surface area contributed by atoms with E-state index >= 15 is 0 Å². The molecule has 2 aromatic heterocycles. The van der Waals surface area contributed by atoms with Crippen molar-refractivity contribution in [2.75, 3.05) is 13.3 Å². The Bertz CT molecular complexity index is 810. The first kappa shape index (κ1) is 21.7. The number of halogens is 1. The number of thiazole rings is 1. The van der Waals surface area contributed by atoms with E-state index in [1.165, 1.54) is 18.3 Å². The minimum Gasteiger partial charge on any atom is -0.474 e. The third kappa shape index (κ3) is 6.50. The van der Waals surface area contributed by atoms with Crippen LogP contribution in [0.5, 0.6) is 11.1 Å². The quantitative estimate of drug-likeness (QED) is 0.660. The molecule has 2 aromatic rings. The van der Waals surface area contributed by atoms with Crippen LogP contribution in [0.1, 0.15) is 46.5 Å². The molecule has 0 radical (unpaired) electrons. The number of carbonyl (C=O) groups is 1. The Kier molecular flexibility index (Phi) is 7.60. The fourth-order valence-corrected chi connectivity index (χ4v) is 4.17. The molecule has 0 aromatic carbocycles. The molecule has 1 fully saturated rings. The molecule has 0 spiro atoms. The van der Waals surface area contributed by atoms with Gasteiger partial charge in [0.2, 0.25) is 11.8 Å². The zero-order valence-electron chi connectivity index (χ0n) is 17.0. The third-order valence-electron chi connectivity index (χ3n) is 4.69. The molecule has 3 rings (SSSR count). The van der Waals surface area contributed by atoms with Crippen LogP contribution in [-0.2, 0) is 9.53 Å². The van der Waals surface area contributed by atoms with E-state index in [4.69, 9.17) is 14.2 Å². The van der Waals surface area contributed by atoms with E-state index < -0.39 is 12.8 Å². The molecule has 0 saturated heterocycles. The molecule has 1 aliphatic carbocycles. The number of pyridine rings is 1. The van der Waals surface area contributed by atoms with Crippen molar-refractivity contribution in [2.45, 2.75) is 70.8 Å². The van der Waals surface area contributed by atoms with Gasteiger partial charge in [0.1, 0.15) is 24.4 Å². The maximum Gasteiger partial charge on any atom is 0.274 e. The normalized spacial score (nSPS) is 21.5. The SMILES string of the molecule is CC(=O)N[C@@H](C)COC1CCC(Oc2cc3sc(OC(C)CF)nc3cn2)CC1. The fraction of sp³-hybridized carbons (Fsp3) is 0.650. The Morgan fingerprint density at radius 3 is 2.72 bits per heavy atom. The van der Waals surface area contributed by atoms with E-state index in [1.807, 2.05) is 13.0 Å². The highest BCUT2D eigenvalue weighted by Crippen LogP contribution is 2.31. The second kappa shape index (κ2) is 10.2. The summed E-state index contributed by atoms with van der Waals surface area (Å²) in [6, 6.07) is 1.87. The van der Waals surface area contributed by atoms with Gasteiger partial charge in [0, 0.05) is 19.0 Å². The molecule has 2 heterocycles. The van der Waals surface area contributed by atoms with Gasteiger partial charge >= 0.3 is 0 Å². The minimum atomic E-state index is -0.554. The van der Waals surface area contributed by atoms with Crippen LogP contribution in [0.25, 0.3) is 10.2 Å². The number of carbonyl (C=O) groups excluding carboxylic acids is 1. The molecule has 1 aliphatic rings. The Hall–Kier alpha value is -2.00. The van der Waals surface area contributed by atoms with E-state index in [2.05, 4.69) is 15.3 Å². The molecule has 1 unspecified atom stereocenters. The van der Waals surface area contributed by atoms with Crippen molar-refractivity contribution in [3.8, 4) is 11.1 Å². The van der Waals surface area contributed by atoms with Crippen LogP contribution in [0, 0.1) is 0 Å². The predicted molar refractivity (Wildman–Crippen MR) is 109 cm³/mol. The standard InChI is InChI=1S/C20H28FN3O4S/c1-12(23-14(3)25)11-26-15-4-6-16(7-5-15)28-19-8-18-17(10-22-19)24-20(29-18)27-13(2)9-21/h8,10,12-13,15-16H,4-7,9,11H2,1-3H3,(H,23,25)/t12-,13?,15?,16?/m0/s1. The first-order valence-electron chi connectivity index (χ1n) is 9.97. The summed E-state index contributed by atoms with van der Waals surface area (Å²) in [5.74, 6) is 0.522. The average molecular weight is 426 g/mol. The van der Waals surface area contributed by atoms with Gasteiger partial charge in [0.05, 0.1) is 23.6 Å². The summed E-state index contributed by atoms with van der Waals surface area (Å²) in [4.78, 5) is 19.7. The second-order valence-electron chi connectivity index (χ2n) is 7.50. The Morgan fingerprint density at radius 1 is 1.31 bits per heavy atom. The summed E-state index contributed by atoms with van der Waals surface area (Å²) in [6.07, 6.45) is 5.06. The van der Waals surface area contributed by atoms with E-state index in [9.17, 15) is 9.18 Å². The van der Waals surface area contributed by atoms with E-state index in [1.54, 1.807) is 13.1 Å². The van der Waals surface area contributed by atoms with E-state index in [-0.39, 0.29) is 24.2 Å². The summed E-state index contributed by atoms with van der Waals surface area (Å²) in [5.41, 5.74) is 0.716. The number of alkyl halides is 1. The summed E-state index contributed by atoms with van der Waals surface area (Å²) >= 11 is 1.36. The van der Waals surface area contributed by atoms with Crippen molar-refractivity contribution < 1.29 is 23.4 Å².